The molecule has 0 rings (SSSR count). The Kier molecular flexibility index (Phi) is 10.4. The van der Waals surface area contributed by atoms with Crippen LogP contribution < -0.4 is 5.32 Å². The van der Waals surface area contributed by atoms with Crippen LogP contribution in [0.4, 0.5) is 9.59 Å². The van der Waals surface area contributed by atoms with Gasteiger partial charge in [-0.25, -0.2) is 14.4 Å². The van der Waals surface area contributed by atoms with E-state index in [4.69, 9.17) is 20.3 Å². The maximum atomic E-state index is 11.5. The highest BCUT2D eigenvalue weighted by Gasteiger charge is 2.25. The van der Waals surface area contributed by atoms with Gasteiger partial charge < -0.3 is 24.6 Å². The average Bonchev–Trinajstić information content (AvgIpc) is 2.44. The second-order valence-corrected chi connectivity index (χ2v) is 5.74. The van der Waals surface area contributed by atoms with Gasteiger partial charge in [0.15, 0.2) is 6.04 Å². The van der Waals surface area contributed by atoms with E-state index in [0.29, 0.717) is 12.8 Å². The number of alkyl carbamates (subject to hydrolysis) is 1. The van der Waals surface area contributed by atoms with Crippen molar-refractivity contribution in [1.29, 1.82) is 0 Å². The number of hydrogen-bond acceptors (Lipinski definition) is 10. The summed E-state index contributed by atoms with van der Waals surface area (Å²) in [5.41, 5.74) is -0.806. The molecule has 12 nitrogen and oxygen atoms in total. The number of carbonyl (C=O) groups is 3. The van der Waals surface area contributed by atoms with Crippen molar-refractivity contribution in [3.05, 3.63) is 0 Å². The molecule has 0 heterocycles. The van der Waals surface area contributed by atoms with Gasteiger partial charge in [-0.15, -0.1) is 0 Å². The standard InChI is InChI=1S/C13H24N2O10/c1-13(2,3)25-11(18)14-9(10(16)17)8-23-12(19)22-6-4-5-7-24-15(20)21/h9,20-21H,4-8H2,1-3H3,(H,14,18)(H,16,17). The van der Waals surface area contributed by atoms with Crippen molar-refractivity contribution >= 4 is 18.2 Å². The lowest BCUT2D eigenvalue weighted by Crippen LogP contribution is -2.46. The molecule has 4 N–H and O–H groups in total. The number of nitrogens with one attached hydrogen (secondary N) is 1. The van der Waals surface area contributed by atoms with Crippen LogP contribution in [0.5, 0.6) is 0 Å². The average molecular weight is 368 g/mol. The summed E-state index contributed by atoms with van der Waals surface area (Å²) in [6.07, 6.45) is -1.35. The number of rotatable bonds is 10. The van der Waals surface area contributed by atoms with Crippen molar-refractivity contribution in [1.82, 2.24) is 10.7 Å². The number of amides is 1. The minimum absolute atomic E-state index is 0.00763. The van der Waals surface area contributed by atoms with Crippen LogP contribution in [-0.4, -0.2) is 70.6 Å². The third-order valence-electron chi connectivity index (χ3n) is 2.32. The van der Waals surface area contributed by atoms with Gasteiger partial charge in [0.1, 0.15) is 12.2 Å². The molecule has 0 saturated heterocycles. The van der Waals surface area contributed by atoms with E-state index in [2.05, 4.69) is 19.6 Å². The van der Waals surface area contributed by atoms with E-state index in [1.54, 1.807) is 20.8 Å². The molecule has 146 valence electrons. The Morgan fingerprint density at radius 2 is 1.68 bits per heavy atom. The van der Waals surface area contributed by atoms with Crippen molar-refractivity contribution in [3.63, 3.8) is 0 Å². The normalized spacial score (nSPS) is 12.4. The monoisotopic (exact) mass is 368 g/mol. The number of unbranched alkanes of at least 4 members (excludes halogenated alkanes) is 1. The predicted octanol–water partition coefficient (Wildman–Crippen LogP) is 0.910. The Morgan fingerprint density at radius 3 is 2.20 bits per heavy atom. The number of nitrogens with zero attached hydrogens (tertiary/aromatic N) is 1. The smallest absolute Gasteiger partial charge is 0.480 e. The summed E-state index contributed by atoms with van der Waals surface area (Å²) in [6.45, 7) is 4.14. The summed E-state index contributed by atoms with van der Waals surface area (Å²) >= 11 is 0. The van der Waals surface area contributed by atoms with Gasteiger partial charge in [0.2, 0.25) is 0 Å². The second-order valence-electron chi connectivity index (χ2n) is 5.74. The summed E-state index contributed by atoms with van der Waals surface area (Å²) in [4.78, 5) is 38.2. The van der Waals surface area contributed by atoms with Gasteiger partial charge in [0, 0.05) is 0 Å². The molecule has 1 amide bonds. The Balaban J connectivity index is 4.03. The molecule has 1 atom stereocenters. The lowest BCUT2D eigenvalue weighted by atomic mass is 10.2. The number of aliphatic carboxylic acids is 1. The van der Waals surface area contributed by atoms with E-state index in [1.165, 1.54) is 0 Å². The van der Waals surface area contributed by atoms with E-state index < -0.39 is 41.9 Å². The fourth-order valence-corrected chi connectivity index (χ4v) is 1.32. The largest absolute Gasteiger partial charge is 0.508 e. The third-order valence-corrected chi connectivity index (χ3v) is 2.32. The summed E-state index contributed by atoms with van der Waals surface area (Å²) in [7, 11) is 0. The quantitative estimate of drug-likeness (QED) is 0.246. The Morgan fingerprint density at radius 1 is 1.08 bits per heavy atom. The lowest BCUT2D eigenvalue weighted by Gasteiger charge is -2.21. The number of carboxylic acids is 1. The van der Waals surface area contributed by atoms with E-state index in [1.807, 2.05) is 0 Å². The van der Waals surface area contributed by atoms with E-state index in [0.717, 1.165) is 0 Å². The zero-order valence-electron chi connectivity index (χ0n) is 14.3. The number of ether oxygens (including phenoxy) is 3. The first-order valence-corrected chi connectivity index (χ1v) is 7.34. The van der Waals surface area contributed by atoms with Crippen molar-refractivity contribution in [2.45, 2.75) is 45.3 Å². The first-order chi connectivity index (χ1) is 11.5. The molecule has 0 aromatic heterocycles. The van der Waals surface area contributed by atoms with Crippen LogP contribution in [0.2, 0.25) is 0 Å². The fourth-order valence-electron chi connectivity index (χ4n) is 1.32. The molecule has 25 heavy (non-hydrogen) atoms. The first-order valence-electron chi connectivity index (χ1n) is 7.34. The van der Waals surface area contributed by atoms with Crippen LogP contribution in [0.15, 0.2) is 0 Å². The summed E-state index contributed by atoms with van der Waals surface area (Å²) in [5, 5.41) is 27.1. The maximum Gasteiger partial charge on any atom is 0.508 e. The van der Waals surface area contributed by atoms with Gasteiger partial charge in [-0.3, -0.25) is 15.3 Å². The summed E-state index contributed by atoms with van der Waals surface area (Å²) in [5.74, 6) is -1.41. The van der Waals surface area contributed by atoms with Crippen LogP contribution in [0.25, 0.3) is 0 Å². The van der Waals surface area contributed by atoms with Crippen molar-refractivity contribution in [2.75, 3.05) is 19.8 Å². The minimum Gasteiger partial charge on any atom is -0.480 e. The van der Waals surface area contributed by atoms with Crippen LogP contribution >= 0.6 is 0 Å². The van der Waals surface area contributed by atoms with E-state index >= 15 is 0 Å². The van der Waals surface area contributed by atoms with E-state index in [9.17, 15) is 14.4 Å². The third kappa shape index (κ3) is 13.9. The number of carbonyl (C=O) groups excluding carboxylic acids is 2. The highest BCUT2D eigenvalue weighted by atomic mass is 17.1. The second kappa shape index (κ2) is 11.4. The summed E-state index contributed by atoms with van der Waals surface area (Å²) < 4.78 is 14.2. The first kappa shape index (κ1) is 22.9. The molecule has 12 heteroatoms. The van der Waals surface area contributed by atoms with Crippen LogP contribution in [0, 0.1) is 0 Å². The highest BCUT2D eigenvalue weighted by Crippen LogP contribution is 2.07. The Labute approximate surface area is 144 Å². The predicted molar refractivity (Wildman–Crippen MR) is 78.7 cm³/mol. The molecule has 0 fully saturated rings. The molecule has 0 aliphatic carbocycles. The molecule has 0 spiro atoms. The lowest BCUT2D eigenvalue weighted by molar-refractivity contribution is -0.492. The minimum atomic E-state index is -1.49. The van der Waals surface area contributed by atoms with E-state index in [-0.39, 0.29) is 13.2 Å². The Hall–Kier alpha value is -2.15. The zero-order valence-corrected chi connectivity index (χ0v) is 14.3. The molecule has 0 saturated carbocycles. The molecule has 0 aliphatic rings. The van der Waals surface area contributed by atoms with Crippen LogP contribution in [0.1, 0.15) is 33.6 Å². The van der Waals surface area contributed by atoms with Gasteiger partial charge in [0.05, 0.1) is 18.6 Å². The molecule has 0 aliphatic heterocycles. The molecule has 0 radical (unpaired) electrons. The SMILES string of the molecule is CC(C)(C)OC(=O)NC(COC(=O)OCCCCON(O)O)C(=O)O. The highest BCUT2D eigenvalue weighted by molar-refractivity contribution is 5.80. The van der Waals surface area contributed by atoms with Gasteiger partial charge in [-0.05, 0) is 33.6 Å². The molecular weight excluding hydrogens is 344 g/mol. The van der Waals surface area contributed by atoms with Gasteiger partial charge in [0.25, 0.3) is 0 Å². The maximum absolute atomic E-state index is 11.5. The van der Waals surface area contributed by atoms with Gasteiger partial charge >= 0.3 is 18.2 Å². The topological polar surface area (TPSA) is 164 Å². The van der Waals surface area contributed by atoms with Gasteiger partial charge in [-0.2, -0.15) is 0 Å². The Bertz CT molecular complexity index is 435. The summed E-state index contributed by atoms with van der Waals surface area (Å²) in [6, 6.07) is -1.49. The zero-order chi connectivity index (χ0) is 19.5. The van der Waals surface area contributed by atoms with Crippen molar-refractivity contribution < 1.29 is 49.0 Å². The van der Waals surface area contributed by atoms with Crippen molar-refractivity contribution in [3.8, 4) is 0 Å². The number of hydrogen-bond donors (Lipinski definition) is 4. The molecule has 0 bridgehead atoms. The molecule has 0 aromatic rings. The van der Waals surface area contributed by atoms with Gasteiger partial charge in [-0.1, -0.05) is 0 Å². The van der Waals surface area contributed by atoms with Crippen LogP contribution in [-0.2, 0) is 23.8 Å². The molecule has 0 aromatic carbocycles. The molecule has 1 unspecified atom stereocenters. The fraction of sp³-hybridized carbons (Fsp3) is 0.769. The number of carboxylic acid groups (broad SMARTS) is 1. The van der Waals surface area contributed by atoms with Crippen LogP contribution in [0.3, 0.4) is 0 Å². The van der Waals surface area contributed by atoms with Crippen molar-refractivity contribution in [2.24, 2.45) is 0 Å². The molecular formula is C13H24N2O10.